The number of hydrogen-bond acceptors (Lipinski definition) is 7. The van der Waals surface area contributed by atoms with Crippen molar-refractivity contribution in [1.29, 1.82) is 0 Å². The highest BCUT2D eigenvalue weighted by molar-refractivity contribution is 7.99. The summed E-state index contributed by atoms with van der Waals surface area (Å²) in [6.07, 6.45) is 9.66. The van der Waals surface area contributed by atoms with Gasteiger partial charge in [0.25, 0.3) is 0 Å². The maximum absolute atomic E-state index is 12.9. The van der Waals surface area contributed by atoms with Crippen LogP contribution in [0.1, 0.15) is 37.9 Å². The standard InChI is InChI=1S/C19H23N5O2S/c25-16(17-13-5-11-4-12(7-13)8-14(17)6-11)10-27-19-21-18(23-24-19)22-20-9-15-2-1-3-26-15/h1-3,9,11-14,17H,4-8,10H2,(H2,21,22,23,24)/b20-9-. The van der Waals surface area contributed by atoms with Gasteiger partial charge in [-0.25, -0.2) is 10.5 Å². The fourth-order valence-electron chi connectivity index (χ4n) is 5.57. The molecular formula is C19H23N5O2S. The third kappa shape index (κ3) is 3.54. The van der Waals surface area contributed by atoms with Crippen molar-refractivity contribution in [1.82, 2.24) is 15.2 Å². The van der Waals surface area contributed by atoms with Crippen molar-refractivity contribution in [3.05, 3.63) is 24.2 Å². The quantitative estimate of drug-likeness (QED) is 0.430. The summed E-state index contributed by atoms with van der Waals surface area (Å²) in [6, 6.07) is 3.60. The van der Waals surface area contributed by atoms with Crippen LogP contribution in [0, 0.1) is 29.6 Å². The molecule has 4 saturated carbocycles. The molecule has 0 aromatic carbocycles. The largest absolute Gasteiger partial charge is 0.463 e. The third-order valence-corrected chi connectivity index (χ3v) is 7.18. The van der Waals surface area contributed by atoms with E-state index in [4.69, 9.17) is 4.42 Å². The normalized spacial score (nSPS) is 31.6. The SMILES string of the molecule is O=C(CSc1n[nH]c(N/N=C\c2ccco2)n1)C1C2CC3CC(C2)CC1C3. The minimum Gasteiger partial charge on any atom is -0.463 e. The third-order valence-electron chi connectivity index (χ3n) is 6.31. The first-order chi connectivity index (χ1) is 13.2. The van der Waals surface area contributed by atoms with Crippen LogP contribution in [0.4, 0.5) is 5.95 Å². The minimum absolute atomic E-state index is 0.278. The second kappa shape index (κ2) is 7.14. The molecule has 0 atom stereocenters. The highest BCUT2D eigenvalue weighted by Crippen LogP contribution is 2.56. The summed E-state index contributed by atoms with van der Waals surface area (Å²) in [5, 5.41) is 11.6. The molecule has 4 aliphatic carbocycles. The Labute approximate surface area is 161 Å². The molecule has 8 heteroatoms. The van der Waals surface area contributed by atoms with Crippen LogP contribution in [-0.4, -0.2) is 32.9 Å². The zero-order valence-electron chi connectivity index (χ0n) is 15.0. The number of hydrazone groups is 1. The Hall–Kier alpha value is -2.09. The van der Waals surface area contributed by atoms with Crippen LogP contribution in [0.15, 0.2) is 33.1 Å². The Morgan fingerprint density at radius 3 is 2.78 bits per heavy atom. The molecule has 0 saturated heterocycles. The summed E-state index contributed by atoms with van der Waals surface area (Å²) < 4.78 is 5.16. The van der Waals surface area contributed by atoms with Gasteiger partial charge < -0.3 is 4.42 Å². The molecule has 2 N–H and O–H groups in total. The first-order valence-electron chi connectivity index (χ1n) is 9.65. The molecule has 2 aromatic heterocycles. The van der Waals surface area contributed by atoms with E-state index in [2.05, 4.69) is 25.7 Å². The molecule has 4 fully saturated rings. The summed E-state index contributed by atoms with van der Waals surface area (Å²) in [5.41, 5.74) is 2.78. The molecule has 4 bridgehead atoms. The Morgan fingerprint density at radius 2 is 2.07 bits per heavy atom. The minimum atomic E-state index is 0.278. The lowest BCUT2D eigenvalue weighted by Gasteiger charge is -2.53. The Bertz CT molecular complexity index is 803. The second-order valence-electron chi connectivity index (χ2n) is 8.06. The molecule has 2 heterocycles. The highest BCUT2D eigenvalue weighted by Gasteiger charge is 2.50. The number of Topliss-reactive ketones (excluding diaryl/α,β-unsaturated/α-hetero) is 1. The summed E-state index contributed by atoms with van der Waals surface area (Å²) in [7, 11) is 0. The smallest absolute Gasteiger partial charge is 0.240 e. The van der Waals surface area contributed by atoms with Crippen molar-refractivity contribution in [2.45, 2.75) is 37.3 Å². The molecule has 0 radical (unpaired) electrons. The molecule has 0 unspecified atom stereocenters. The van der Waals surface area contributed by atoms with Gasteiger partial charge in [-0.05, 0) is 67.9 Å². The van der Waals surface area contributed by atoms with Crippen molar-refractivity contribution in [3.8, 4) is 0 Å². The van der Waals surface area contributed by atoms with Crippen molar-refractivity contribution in [2.24, 2.45) is 34.7 Å². The van der Waals surface area contributed by atoms with Gasteiger partial charge >= 0.3 is 0 Å². The first kappa shape index (κ1) is 17.0. The van der Waals surface area contributed by atoms with Crippen LogP contribution < -0.4 is 5.43 Å². The topological polar surface area (TPSA) is 96.2 Å². The number of aromatic nitrogens is 3. The number of H-pyrrole nitrogens is 1. The molecule has 7 nitrogen and oxygen atoms in total. The van der Waals surface area contributed by atoms with Gasteiger partial charge in [-0.3, -0.25) is 4.79 Å². The van der Waals surface area contributed by atoms with Gasteiger partial charge in [0.15, 0.2) is 0 Å². The number of nitrogens with zero attached hydrogens (tertiary/aromatic N) is 3. The number of anilines is 1. The molecule has 0 amide bonds. The van der Waals surface area contributed by atoms with E-state index in [-0.39, 0.29) is 5.92 Å². The molecule has 142 valence electrons. The van der Waals surface area contributed by atoms with Gasteiger partial charge in [0.1, 0.15) is 11.5 Å². The van der Waals surface area contributed by atoms with Crippen LogP contribution in [0.5, 0.6) is 0 Å². The molecule has 27 heavy (non-hydrogen) atoms. The predicted octanol–water partition coefficient (Wildman–Crippen LogP) is 3.58. The number of hydrogen-bond donors (Lipinski definition) is 2. The van der Waals surface area contributed by atoms with Gasteiger partial charge in [0.2, 0.25) is 11.1 Å². The second-order valence-corrected chi connectivity index (χ2v) is 9.01. The zero-order valence-corrected chi connectivity index (χ0v) is 15.8. The van der Waals surface area contributed by atoms with E-state index < -0.39 is 0 Å². The first-order valence-corrected chi connectivity index (χ1v) is 10.6. The van der Waals surface area contributed by atoms with Crippen LogP contribution in [-0.2, 0) is 4.79 Å². The Kier molecular flexibility index (Phi) is 4.51. The molecule has 4 aliphatic rings. The van der Waals surface area contributed by atoms with Crippen molar-refractivity contribution in [2.75, 3.05) is 11.2 Å². The van der Waals surface area contributed by atoms with Gasteiger partial charge in [0.05, 0.1) is 18.2 Å². The fraction of sp³-hybridized carbons (Fsp3) is 0.579. The van der Waals surface area contributed by atoms with E-state index in [0.717, 1.165) is 11.8 Å². The number of thioether (sulfide) groups is 1. The Morgan fingerprint density at radius 1 is 1.30 bits per heavy atom. The van der Waals surface area contributed by atoms with Crippen molar-refractivity contribution in [3.63, 3.8) is 0 Å². The number of carbonyl (C=O) groups is 1. The lowest BCUT2D eigenvalue weighted by Crippen LogP contribution is -2.48. The van der Waals surface area contributed by atoms with Gasteiger partial charge in [-0.1, -0.05) is 11.8 Å². The van der Waals surface area contributed by atoms with E-state index in [1.54, 1.807) is 18.5 Å². The monoisotopic (exact) mass is 385 g/mol. The zero-order chi connectivity index (χ0) is 18.2. The van der Waals surface area contributed by atoms with E-state index in [0.29, 0.717) is 40.2 Å². The number of ketones is 1. The summed E-state index contributed by atoms with van der Waals surface area (Å²) in [4.78, 5) is 17.2. The predicted molar refractivity (Wildman–Crippen MR) is 103 cm³/mol. The number of carbonyl (C=O) groups excluding carboxylic acids is 1. The van der Waals surface area contributed by atoms with E-state index >= 15 is 0 Å². The van der Waals surface area contributed by atoms with Crippen LogP contribution >= 0.6 is 11.8 Å². The lowest BCUT2D eigenvalue weighted by atomic mass is 9.51. The van der Waals surface area contributed by atoms with Gasteiger partial charge in [0, 0.05) is 5.92 Å². The summed E-state index contributed by atoms with van der Waals surface area (Å²) in [5.74, 6) is 5.29. The van der Waals surface area contributed by atoms with Crippen LogP contribution in [0.25, 0.3) is 0 Å². The van der Waals surface area contributed by atoms with E-state index in [1.807, 2.05) is 6.07 Å². The molecule has 6 rings (SSSR count). The lowest BCUT2D eigenvalue weighted by molar-refractivity contribution is -0.133. The Balaban J connectivity index is 1.14. The molecular weight excluding hydrogens is 362 g/mol. The molecule has 0 aliphatic heterocycles. The summed E-state index contributed by atoms with van der Waals surface area (Å²) in [6.45, 7) is 0. The maximum atomic E-state index is 12.9. The number of furan rings is 1. The average molecular weight is 385 g/mol. The van der Waals surface area contributed by atoms with Crippen molar-refractivity contribution < 1.29 is 9.21 Å². The average Bonchev–Trinajstić information content (AvgIpc) is 3.31. The number of rotatable bonds is 7. The van der Waals surface area contributed by atoms with E-state index in [1.165, 1.54) is 43.9 Å². The fourth-order valence-corrected chi connectivity index (χ4v) is 6.30. The number of aromatic amines is 1. The van der Waals surface area contributed by atoms with Gasteiger partial charge in [-0.15, -0.1) is 5.10 Å². The van der Waals surface area contributed by atoms with Crippen LogP contribution in [0.3, 0.4) is 0 Å². The maximum Gasteiger partial charge on any atom is 0.240 e. The van der Waals surface area contributed by atoms with E-state index in [9.17, 15) is 4.79 Å². The summed E-state index contributed by atoms with van der Waals surface area (Å²) >= 11 is 1.41. The molecule has 0 spiro atoms. The number of nitrogens with one attached hydrogen (secondary N) is 2. The van der Waals surface area contributed by atoms with Gasteiger partial charge in [-0.2, -0.15) is 10.1 Å². The highest BCUT2D eigenvalue weighted by atomic mass is 32.2. The molecule has 2 aromatic rings. The van der Waals surface area contributed by atoms with Crippen molar-refractivity contribution >= 4 is 29.7 Å². The van der Waals surface area contributed by atoms with Crippen LogP contribution in [0.2, 0.25) is 0 Å².